The monoisotopic (exact) mass is 988 g/mol. The third-order valence-electron chi connectivity index (χ3n) is 15.0. The number of rotatable bonds is 10. The maximum Gasteiger partial charge on any atom is 0.148 e. The molecule has 0 saturated carbocycles. The Labute approximate surface area is 445 Å². The minimum atomic E-state index is -0.337. The number of nitrogens with zero attached hydrogens (tertiary/aromatic N) is 2. The van der Waals surface area contributed by atoms with Gasteiger partial charge in [-0.15, -0.1) is 0 Å². The van der Waals surface area contributed by atoms with Crippen molar-refractivity contribution in [3.8, 4) is 44.5 Å². The van der Waals surface area contributed by atoms with Crippen molar-refractivity contribution < 1.29 is 8.78 Å². The summed E-state index contributed by atoms with van der Waals surface area (Å²) in [6.45, 7) is 13.3. The van der Waals surface area contributed by atoms with Crippen LogP contribution in [-0.2, 0) is 10.8 Å². The van der Waals surface area contributed by atoms with Gasteiger partial charge < -0.3 is 9.80 Å². The number of hydrogen-bond acceptors (Lipinski definition) is 2. The predicted octanol–water partition coefficient (Wildman–Crippen LogP) is 21.1. The summed E-state index contributed by atoms with van der Waals surface area (Å²) in [5.74, 6) is -0.675. The van der Waals surface area contributed by atoms with Crippen LogP contribution in [0.4, 0.5) is 42.9 Å². The van der Waals surface area contributed by atoms with Crippen LogP contribution >= 0.6 is 0 Å². The molecule has 0 unspecified atom stereocenters. The molecule has 12 rings (SSSR count). The Hall–Kier alpha value is -8.86. The molecule has 0 N–H and O–H groups in total. The van der Waals surface area contributed by atoms with Crippen LogP contribution < -0.4 is 9.80 Å². The zero-order valence-corrected chi connectivity index (χ0v) is 43.7. The fourth-order valence-electron chi connectivity index (χ4n) is 11.1. The second-order valence-electron chi connectivity index (χ2n) is 22.0. The van der Waals surface area contributed by atoms with Gasteiger partial charge in [0, 0.05) is 33.3 Å². The zero-order chi connectivity index (χ0) is 52.3. The highest BCUT2D eigenvalue weighted by Gasteiger charge is 2.29. The number of halogens is 2. The van der Waals surface area contributed by atoms with Crippen molar-refractivity contribution >= 4 is 66.4 Å². The van der Waals surface area contributed by atoms with Crippen molar-refractivity contribution in [2.24, 2.45) is 0 Å². The molecule has 0 atom stereocenters. The van der Waals surface area contributed by atoms with E-state index in [-0.39, 0.29) is 22.5 Å². The van der Waals surface area contributed by atoms with Crippen LogP contribution in [0, 0.1) is 11.6 Å². The summed E-state index contributed by atoms with van der Waals surface area (Å²) in [7, 11) is 0. The van der Waals surface area contributed by atoms with Crippen molar-refractivity contribution in [2.75, 3.05) is 9.80 Å². The van der Waals surface area contributed by atoms with Gasteiger partial charge in [-0.1, -0.05) is 224 Å². The Morgan fingerprint density at radius 3 is 0.947 bits per heavy atom. The molecule has 0 heterocycles. The highest BCUT2D eigenvalue weighted by Crippen LogP contribution is 2.52. The van der Waals surface area contributed by atoms with E-state index in [9.17, 15) is 0 Å². The molecule has 0 amide bonds. The lowest BCUT2D eigenvalue weighted by Crippen LogP contribution is -2.16. The van der Waals surface area contributed by atoms with Gasteiger partial charge in [-0.2, -0.15) is 0 Å². The quantitative estimate of drug-likeness (QED) is 0.126. The van der Waals surface area contributed by atoms with Crippen molar-refractivity contribution in [2.45, 2.75) is 52.4 Å². The molecule has 0 saturated heterocycles. The minimum Gasteiger partial charge on any atom is -0.307 e. The van der Waals surface area contributed by atoms with Crippen LogP contribution in [0.2, 0.25) is 0 Å². The van der Waals surface area contributed by atoms with Gasteiger partial charge >= 0.3 is 0 Å². The molecular weight excluding hydrogens is 931 g/mol. The van der Waals surface area contributed by atoms with Crippen molar-refractivity contribution in [1.29, 1.82) is 0 Å². The van der Waals surface area contributed by atoms with E-state index < -0.39 is 0 Å². The van der Waals surface area contributed by atoms with Crippen LogP contribution in [0.15, 0.2) is 243 Å². The molecular formula is C72H58F2N2. The molecule has 370 valence electrons. The maximum atomic E-state index is 18.0. The molecule has 4 heteroatoms. The normalized spacial score (nSPS) is 11.9. The molecule has 12 aromatic rings. The molecule has 0 bridgehead atoms. The minimum absolute atomic E-state index is 0.0942. The first kappa shape index (κ1) is 48.1. The molecule has 76 heavy (non-hydrogen) atoms. The second-order valence-corrected chi connectivity index (χ2v) is 22.0. The highest BCUT2D eigenvalue weighted by atomic mass is 19.1. The Morgan fingerprint density at radius 2 is 0.618 bits per heavy atom. The first-order valence-electron chi connectivity index (χ1n) is 26.2. The van der Waals surface area contributed by atoms with E-state index in [1.807, 2.05) is 97.1 Å². The molecule has 0 aliphatic carbocycles. The van der Waals surface area contributed by atoms with Crippen LogP contribution in [-0.4, -0.2) is 0 Å². The third-order valence-corrected chi connectivity index (χ3v) is 15.0. The van der Waals surface area contributed by atoms with Gasteiger partial charge in [0.1, 0.15) is 11.6 Å². The van der Waals surface area contributed by atoms with E-state index in [1.54, 1.807) is 12.1 Å². The number of anilines is 6. The lowest BCUT2D eigenvalue weighted by Gasteiger charge is -2.32. The van der Waals surface area contributed by atoms with Crippen LogP contribution in [0.25, 0.3) is 76.8 Å². The van der Waals surface area contributed by atoms with Crippen molar-refractivity contribution in [3.05, 3.63) is 265 Å². The molecule has 0 aromatic heterocycles. The lowest BCUT2D eigenvalue weighted by atomic mass is 9.87. The fourth-order valence-corrected chi connectivity index (χ4v) is 11.1. The number of hydrogen-bond donors (Lipinski definition) is 0. The van der Waals surface area contributed by atoms with Gasteiger partial charge in [-0.3, -0.25) is 0 Å². The predicted molar refractivity (Wildman–Crippen MR) is 319 cm³/mol. The SMILES string of the molecule is CC(C)(C)c1ccc(N(c2c(F)cc(-c3ccccc3)cc2-c2ccccc2)c2ccc3ccc4c(N(c5ccc(C(C)(C)C)cc5)c5c(F)cc(-c6ccccc6)cc5-c5ccccc5)ccc5ccc2c3c54)cc1. The fraction of sp³-hybridized carbons (Fsp3) is 0.111. The zero-order valence-electron chi connectivity index (χ0n) is 43.7. The van der Waals surface area contributed by atoms with Gasteiger partial charge in [-0.25, -0.2) is 8.78 Å². The van der Waals surface area contributed by atoms with Gasteiger partial charge in [-0.05, 0) is 138 Å². The summed E-state index contributed by atoms with van der Waals surface area (Å²) >= 11 is 0. The van der Waals surface area contributed by atoms with Crippen LogP contribution in [0.5, 0.6) is 0 Å². The molecule has 2 nitrogen and oxygen atoms in total. The van der Waals surface area contributed by atoms with E-state index in [2.05, 4.69) is 185 Å². The Bertz CT molecular complexity index is 3780. The Morgan fingerprint density at radius 1 is 0.303 bits per heavy atom. The molecule has 12 aromatic carbocycles. The van der Waals surface area contributed by atoms with Gasteiger partial charge in [0.05, 0.1) is 22.7 Å². The highest BCUT2D eigenvalue weighted by molar-refractivity contribution is 6.28. The summed E-state index contributed by atoms with van der Waals surface area (Å²) < 4.78 is 35.9. The average Bonchev–Trinajstić information content (AvgIpc) is 3.49. The van der Waals surface area contributed by atoms with Crippen LogP contribution in [0.3, 0.4) is 0 Å². The summed E-state index contributed by atoms with van der Waals surface area (Å²) in [5, 5.41) is 6.10. The van der Waals surface area contributed by atoms with E-state index in [0.717, 1.165) is 99.6 Å². The summed E-state index contributed by atoms with van der Waals surface area (Å²) in [5.41, 5.74) is 13.3. The molecule has 0 radical (unpaired) electrons. The van der Waals surface area contributed by atoms with E-state index in [1.165, 1.54) is 11.1 Å². The van der Waals surface area contributed by atoms with Gasteiger partial charge in [0.25, 0.3) is 0 Å². The van der Waals surface area contributed by atoms with E-state index >= 15 is 8.78 Å². The van der Waals surface area contributed by atoms with Crippen molar-refractivity contribution in [3.63, 3.8) is 0 Å². The first-order valence-corrected chi connectivity index (χ1v) is 26.2. The lowest BCUT2D eigenvalue weighted by molar-refractivity contribution is 0.590. The van der Waals surface area contributed by atoms with Crippen LogP contribution in [0.1, 0.15) is 52.7 Å². The van der Waals surface area contributed by atoms with Gasteiger partial charge in [0.15, 0.2) is 0 Å². The van der Waals surface area contributed by atoms with E-state index in [4.69, 9.17) is 0 Å². The average molecular weight is 989 g/mol. The summed E-state index contributed by atoms with van der Waals surface area (Å²) in [6, 6.07) is 82.4. The third kappa shape index (κ3) is 8.74. The Kier molecular flexibility index (Phi) is 12.1. The van der Waals surface area contributed by atoms with Crippen molar-refractivity contribution in [1.82, 2.24) is 0 Å². The second kappa shape index (κ2) is 19.1. The van der Waals surface area contributed by atoms with E-state index in [0.29, 0.717) is 11.4 Å². The summed E-state index contributed by atoms with van der Waals surface area (Å²) in [6.07, 6.45) is 0. The molecule has 0 aliphatic rings. The van der Waals surface area contributed by atoms with Gasteiger partial charge in [0.2, 0.25) is 0 Å². The summed E-state index contributed by atoms with van der Waals surface area (Å²) in [4.78, 5) is 4.23. The largest absolute Gasteiger partial charge is 0.307 e. The standard InChI is InChI=1S/C72H58F2N2/c1-71(2,3)55-31-35-57(36-32-55)75(69-61(49-23-15-9-16-24-49)43-53(45-63(69)73)47-19-11-7-12-20-47)65-41-29-51-28-40-60-66(42-30-52-27-39-59(65)67(51)68(52)60)76(58-37-33-56(34-38-58)72(4,5)6)70-62(50-25-17-10-18-26-50)44-54(46-64(70)74)48-21-13-8-14-22-48/h7-46H,1-6H3. The maximum absolute atomic E-state index is 18.0. The molecule has 0 spiro atoms. The Balaban J connectivity index is 1.13. The molecule has 0 fully saturated rings. The first-order chi connectivity index (χ1) is 36.8. The topological polar surface area (TPSA) is 6.48 Å². The number of benzene rings is 12. The molecule has 0 aliphatic heterocycles. The smallest absolute Gasteiger partial charge is 0.148 e.